The van der Waals surface area contributed by atoms with Gasteiger partial charge in [0.1, 0.15) is 17.2 Å². The topological polar surface area (TPSA) is 57.2 Å². The average molecular weight is 567 g/mol. The molecule has 5 rings (SSSR count). The van der Waals surface area contributed by atoms with E-state index in [-0.39, 0.29) is 18.3 Å². The van der Waals surface area contributed by atoms with E-state index in [1.165, 1.54) is 19.3 Å². The monoisotopic (exact) mass is 566 g/mol. The predicted molar refractivity (Wildman–Crippen MR) is 169 cm³/mol. The highest BCUT2D eigenvalue weighted by Crippen LogP contribution is 2.24. The number of aromatic hydroxyl groups is 1. The van der Waals surface area contributed by atoms with Crippen molar-refractivity contribution >= 4 is 18.2 Å². The lowest BCUT2D eigenvalue weighted by molar-refractivity contribution is -0.116. The quantitative estimate of drug-likeness (QED) is 0.185. The molecule has 5 nitrogen and oxygen atoms in total. The summed E-state index contributed by atoms with van der Waals surface area (Å²) < 4.78 is 23.8. The number of phenolic OH excluding ortho intramolecular Hbond substituents is 1. The van der Waals surface area contributed by atoms with E-state index in [2.05, 4.69) is 48.6 Å². The van der Waals surface area contributed by atoms with Crippen molar-refractivity contribution < 1.29 is 24.1 Å². The molecule has 2 unspecified atom stereocenters. The molecule has 0 aromatic heterocycles. The van der Waals surface area contributed by atoms with Crippen LogP contribution in [0.1, 0.15) is 75.0 Å². The standard InChI is InChI=1S/C37H42O5/c1-28(40-34-7-3-2-4-8-34)41-35-24-18-32(19-25-35)27-31(12-10-29-14-20-33(38)21-15-29)13-11-30-16-22-36(23-17-30)42-37-9-5-6-26-39-37/h10-25,27-28,34,37-38H,2-9,26H2,1H3. The number of allylic oxidation sites excluding steroid dienone is 3. The van der Waals surface area contributed by atoms with Crippen LogP contribution in [0.2, 0.25) is 0 Å². The minimum Gasteiger partial charge on any atom is -0.508 e. The van der Waals surface area contributed by atoms with Gasteiger partial charge in [-0.25, -0.2) is 0 Å². The largest absolute Gasteiger partial charge is 0.508 e. The predicted octanol–water partition coefficient (Wildman–Crippen LogP) is 9.18. The summed E-state index contributed by atoms with van der Waals surface area (Å²) in [5.41, 5.74) is 4.18. The average Bonchev–Trinajstić information content (AvgIpc) is 3.02. The maximum absolute atomic E-state index is 9.63. The first-order valence-corrected chi connectivity index (χ1v) is 15.3. The van der Waals surface area contributed by atoms with E-state index in [0.717, 1.165) is 72.5 Å². The number of phenols is 1. The number of hydrogen-bond acceptors (Lipinski definition) is 5. The summed E-state index contributed by atoms with van der Waals surface area (Å²) in [6.07, 6.45) is 19.5. The second-order valence-corrected chi connectivity index (χ2v) is 11.0. The molecule has 5 heteroatoms. The molecule has 2 aliphatic rings. The van der Waals surface area contributed by atoms with Crippen molar-refractivity contribution in [2.24, 2.45) is 0 Å². The van der Waals surface area contributed by atoms with Crippen molar-refractivity contribution in [3.05, 3.63) is 107 Å². The maximum Gasteiger partial charge on any atom is 0.199 e. The second kappa shape index (κ2) is 15.4. The van der Waals surface area contributed by atoms with Gasteiger partial charge in [0.15, 0.2) is 12.6 Å². The molecule has 0 spiro atoms. The van der Waals surface area contributed by atoms with Gasteiger partial charge in [0.25, 0.3) is 0 Å². The zero-order valence-electron chi connectivity index (χ0n) is 24.5. The third kappa shape index (κ3) is 9.64. The summed E-state index contributed by atoms with van der Waals surface area (Å²) in [6, 6.07) is 23.4. The summed E-state index contributed by atoms with van der Waals surface area (Å²) >= 11 is 0. The molecule has 0 bridgehead atoms. The van der Waals surface area contributed by atoms with Gasteiger partial charge < -0.3 is 24.1 Å². The van der Waals surface area contributed by atoms with Gasteiger partial charge in [-0.3, -0.25) is 0 Å². The van der Waals surface area contributed by atoms with Crippen LogP contribution in [0.3, 0.4) is 0 Å². The first kappa shape index (κ1) is 29.7. The van der Waals surface area contributed by atoms with E-state index in [1.807, 2.05) is 49.4 Å². The van der Waals surface area contributed by atoms with Crippen LogP contribution in [0.5, 0.6) is 17.2 Å². The van der Waals surface area contributed by atoms with Gasteiger partial charge in [0.05, 0.1) is 12.7 Å². The smallest absolute Gasteiger partial charge is 0.199 e. The van der Waals surface area contributed by atoms with E-state index >= 15 is 0 Å². The fourth-order valence-electron chi connectivity index (χ4n) is 5.26. The summed E-state index contributed by atoms with van der Waals surface area (Å²) in [5.74, 6) is 1.88. The minimum absolute atomic E-state index is 0.149. The van der Waals surface area contributed by atoms with E-state index in [9.17, 15) is 5.11 Å². The molecule has 1 saturated heterocycles. The van der Waals surface area contributed by atoms with Gasteiger partial charge in [0.2, 0.25) is 0 Å². The Hall–Kier alpha value is -3.80. The Morgan fingerprint density at radius 2 is 1.33 bits per heavy atom. The molecule has 0 radical (unpaired) electrons. The normalized spacial score (nSPS) is 19.3. The fourth-order valence-corrected chi connectivity index (χ4v) is 5.26. The van der Waals surface area contributed by atoms with Crippen molar-refractivity contribution in [2.75, 3.05) is 6.61 Å². The summed E-state index contributed by atoms with van der Waals surface area (Å²) in [4.78, 5) is 0. The molecule has 3 aromatic carbocycles. The molecular formula is C37H42O5. The lowest BCUT2D eigenvalue weighted by atomic mass is 9.98. The third-order valence-corrected chi connectivity index (χ3v) is 7.57. The second-order valence-electron chi connectivity index (χ2n) is 11.0. The van der Waals surface area contributed by atoms with E-state index < -0.39 is 0 Å². The Kier molecular flexibility index (Phi) is 10.9. The van der Waals surface area contributed by atoms with Gasteiger partial charge in [-0.05, 0) is 97.3 Å². The molecule has 1 N–H and O–H groups in total. The van der Waals surface area contributed by atoms with Crippen LogP contribution in [-0.2, 0) is 9.47 Å². The zero-order valence-corrected chi connectivity index (χ0v) is 24.5. The number of rotatable bonds is 11. The molecule has 42 heavy (non-hydrogen) atoms. The van der Waals surface area contributed by atoms with Gasteiger partial charge in [-0.2, -0.15) is 0 Å². The summed E-state index contributed by atoms with van der Waals surface area (Å²) in [7, 11) is 0. The summed E-state index contributed by atoms with van der Waals surface area (Å²) in [5, 5.41) is 9.63. The third-order valence-electron chi connectivity index (χ3n) is 7.57. The van der Waals surface area contributed by atoms with E-state index in [4.69, 9.17) is 18.9 Å². The SMILES string of the molecule is CC(Oc1ccc(C=C(C=Cc2ccc(O)cc2)C=Cc2ccc(OC3CCCCO3)cc2)cc1)OC1CCCCC1. The zero-order chi connectivity index (χ0) is 29.0. The molecule has 0 amide bonds. The van der Waals surface area contributed by atoms with Crippen LogP contribution >= 0.6 is 0 Å². The van der Waals surface area contributed by atoms with Crippen molar-refractivity contribution in [1.29, 1.82) is 0 Å². The Morgan fingerprint density at radius 3 is 1.98 bits per heavy atom. The van der Waals surface area contributed by atoms with Crippen molar-refractivity contribution in [3.8, 4) is 17.2 Å². The molecule has 1 heterocycles. The first-order valence-electron chi connectivity index (χ1n) is 15.3. The van der Waals surface area contributed by atoms with Crippen LogP contribution in [0.4, 0.5) is 0 Å². The van der Waals surface area contributed by atoms with Crippen LogP contribution in [0.15, 0.2) is 90.5 Å². The van der Waals surface area contributed by atoms with E-state index in [0.29, 0.717) is 6.10 Å². The highest BCUT2D eigenvalue weighted by atomic mass is 16.7. The lowest BCUT2D eigenvalue weighted by Crippen LogP contribution is -2.26. The lowest BCUT2D eigenvalue weighted by Gasteiger charge is -2.26. The van der Waals surface area contributed by atoms with Gasteiger partial charge >= 0.3 is 0 Å². The molecule has 1 saturated carbocycles. The van der Waals surface area contributed by atoms with Crippen LogP contribution < -0.4 is 9.47 Å². The van der Waals surface area contributed by atoms with Crippen LogP contribution in [-0.4, -0.2) is 30.4 Å². The van der Waals surface area contributed by atoms with Crippen LogP contribution in [0.25, 0.3) is 18.2 Å². The van der Waals surface area contributed by atoms with Gasteiger partial charge in [-0.15, -0.1) is 0 Å². The van der Waals surface area contributed by atoms with Crippen LogP contribution in [0, 0.1) is 0 Å². The minimum atomic E-state index is -0.270. The van der Waals surface area contributed by atoms with Crippen molar-refractivity contribution in [2.45, 2.75) is 77.0 Å². The molecule has 2 atom stereocenters. The number of hydrogen-bond donors (Lipinski definition) is 1. The van der Waals surface area contributed by atoms with E-state index in [1.54, 1.807) is 12.1 Å². The molecular weight excluding hydrogens is 524 g/mol. The molecule has 1 aliphatic carbocycles. The number of benzene rings is 3. The fraction of sp³-hybridized carbons (Fsp3) is 0.351. The molecule has 3 aromatic rings. The Balaban J connectivity index is 1.26. The first-order chi connectivity index (χ1) is 20.6. The highest BCUT2D eigenvalue weighted by Gasteiger charge is 2.17. The van der Waals surface area contributed by atoms with Gasteiger partial charge in [0, 0.05) is 6.42 Å². The maximum atomic E-state index is 9.63. The van der Waals surface area contributed by atoms with Crippen molar-refractivity contribution in [1.82, 2.24) is 0 Å². The Bertz CT molecular complexity index is 1310. The molecule has 2 fully saturated rings. The Morgan fingerprint density at radius 1 is 0.738 bits per heavy atom. The summed E-state index contributed by atoms with van der Waals surface area (Å²) in [6.45, 7) is 2.74. The molecule has 1 aliphatic heterocycles. The van der Waals surface area contributed by atoms with Gasteiger partial charge in [-0.1, -0.05) is 80.0 Å². The van der Waals surface area contributed by atoms with Crippen molar-refractivity contribution in [3.63, 3.8) is 0 Å². The molecule has 220 valence electrons. The highest BCUT2D eigenvalue weighted by molar-refractivity contribution is 5.68. The Labute approximate surface area is 250 Å². The number of ether oxygens (including phenoxy) is 4.